The van der Waals surface area contributed by atoms with Crippen LogP contribution in [0.4, 0.5) is 0 Å². The minimum Gasteiger partial charge on any atom is -0.419 e. The Kier molecular flexibility index (Phi) is 3.72. The van der Waals surface area contributed by atoms with Crippen LogP contribution in [0.2, 0.25) is 5.02 Å². The summed E-state index contributed by atoms with van der Waals surface area (Å²) in [6, 6.07) is 6.93. The molecule has 20 heavy (non-hydrogen) atoms. The third kappa shape index (κ3) is 3.11. The van der Waals surface area contributed by atoms with Crippen molar-refractivity contribution in [1.29, 1.82) is 0 Å². The van der Waals surface area contributed by atoms with Gasteiger partial charge in [0.2, 0.25) is 0 Å². The molecule has 1 aromatic carbocycles. The number of cyclic esters (lactones) is 2. The average Bonchev–Trinajstić information content (AvgIpc) is 2.29. The highest BCUT2D eigenvalue weighted by atomic mass is 35.5. The zero-order valence-corrected chi connectivity index (χ0v) is 11.9. The van der Waals surface area contributed by atoms with Crippen molar-refractivity contribution >= 4 is 23.5 Å². The van der Waals surface area contributed by atoms with E-state index < -0.39 is 17.7 Å². The van der Waals surface area contributed by atoms with Gasteiger partial charge in [0.1, 0.15) is 0 Å². The first-order chi connectivity index (χ1) is 9.28. The maximum Gasteiger partial charge on any atom is 0.350 e. The predicted molar refractivity (Wildman–Crippen MR) is 72.6 cm³/mol. The summed E-state index contributed by atoms with van der Waals surface area (Å²) in [5.74, 6) is -2.80. The van der Waals surface area contributed by atoms with Crippen LogP contribution in [-0.2, 0) is 25.5 Å². The number of nitrogens with two attached hydrogens (primary N) is 1. The van der Waals surface area contributed by atoms with E-state index in [9.17, 15) is 9.59 Å². The molecule has 1 aromatic rings. The predicted octanol–water partition coefficient (Wildman–Crippen LogP) is 1.93. The Hall–Kier alpha value is -2.01. The molecule has 0 amide bonds. The molecular formula is C14H14ClNO4. The van der Waals surface area contributed by atoms with Gasteiger partial charge in [0.25, 0.3) is 5.79 Å². The monoisotopic (exact) mass is 295 g/mol. The second-order valence-corrected chi connectivity index (χ2v) is 5.32. The molecule has 2 N–H and O–H groups in total. The van der Waals surface area contributed by atoms with E-state index in [0.29, 0.717) is 5.02 Å². The molecule has 1 fully saturated rings. The normalized spacial score (nSPS) is 17.4. The minimum atomic E-state index is -1.27. The molecule has 2 rings (SSSR count). The van der Waals surface area contributed by atoms with E-state index in [-0.39, 0.29) is 17.7 Å². The van der Waals surface area contributed by atoms with Gasteiger partial charge in [0, 0.05) is 31.0 Å². The van der Waals surface area contributed by atoms with Crippen LogP contribution in [0.5, 0.6) is 0 Å². The number of rotatable bonds is 2. The van der Waals surface area contributed by atoms with Crippen LogP contribution in [0, 0.1) is 0 Å². The highest BCUT2D eigenvalue weighted by Crippen LogP contribution is 2.24. The third-order valence-corrected chi connectivity index (χ3v) is 2.97. The molecule has 0 atom stereocenters. The molecule has 0 saturated carbocycles. The maximum atomic E-state index is 11.8. The van der Waals surface area contributed by atoms with Crippen molar-refractivity contribution in [1.82, 2.24) is 0 Å². The largest absolute Gasteiger partial charge is 0.419 e. The number of benzene rings is 1. The van der Waals surface area contributed by atoms with E-state index in [0.717, 1.165) is 5.56 Å². The number of hydrogen-bond acceptors (Lipinski definition) is 5. The van der Waals surface area contributed by atoms with Crippen molar-refractivity contribution in [2.24, 2.45) is 5.73 Å². The Bertz CT molecular complexity index is 568. The summed E-state index contributed by atoms with van der Waals surface area (Å²) in [6.07, 6.45) is 0.233. The van der Waals surface area contributed by atoms with Gasteiger partial charge in [-0.25, -0.2) is 9.59 Å². The molecule has 0 unspecified atom stereocenters. The van der Waals surface area contributed by atoms with Gasteiger partial charge in [-0.1, -0.05) is 23.7 Å². The fourth-order valence-electron chi connectivity index (χ4n) is 1.83. The molecule has 0 bridgehead atoms. The zero-order valence-electron chi connectivity index (χ0n) is 11.1. The molecule has 1 aliphatic heterocycles. The summed E-state index contributed by atoms with van der Waals surface area (Å²) in [5, 5.41) is 0.596. The number of esters is 2. The first kappa shape index (κ1) is 14.4. The average molecular weight is 296 g/mol. The fourth-order valence-corrected chi connectivity index (χ4v) is 1.95. The van der Waals surface area contributed by atoms with E-state index >= 15 is 0 Å². The van der Waals surface area contributed by atoms with Crippen molar-refractivity contribution in [3.8, 4) is 0 Å². The highest BCUT2D eigenvalue weighted by molar-refractivity contribution is 6.30. The van der Waals surface area contributed by atoms with Crippen LogP contribution in [0.15, 0.2) is 35.5 Å². The Morgan fingerprint density at radius 3 is 2.15 bits per heavy atom. The van der Waals surface area contributed by atoms with Crippen LogP contribution in [0.25, 0.3) is 0 Å². The van der Waals surface area contributed by atoms with E-state index in [1.807, 2.05) is 0 Å². The molecule has 1 aliphatic rings. The molecule has 6 heteroatoms. The zero-order chi connectivity index (χ0) is 14.9. The van der Waals surface area contributed by atoms with Crippen molar-refractivity contribution in [3.05, 3.63) is 46.1 Å². The first-order valence-corrected chi connectivity index (χ1v) is 6.36. The molecule has 0 aromatic heterocycles. The van der Waals surface area contributed by atoms with Crippen molar-refractivity contribution in [3.63, 3.8) is 0 Å². The van der Waals surface area contributed by atoms with Crippen LogP contribution in [-0.4, -0.2) is 17.7 Å². The molecular weight excluding hydrogens is 282 g/mol. The van der Waals surface area contributed by atoms with Crippen molar-refractivity contribution in [2.75, 3.05) is 0 Å². The van der Waals surface area contributed by atoms with Crippen molar-refractivity contribution in [2.45, 2.75) is 26.1 Å². The topological polar surface area (TPSA) is 78.6 Å². The summed E-state index contributed by atoms with van der Waals surface area (Å²) < 4.78 is 9.99. The van der Waals surface area contributed by atoms with Gasteiger partial charge in [-0.05, 0) is 17.7 Å². The van der Waals surface area contributed by atoms with Crippen LogP contribution in [0.3, 0.4) is 0 Å². The van der Waals surface area contributed by atoms with E-state index in [1.165, 1.54) is 13.8 Å². The Morgan fingerprint density at radius 2 is 1.65 bits per heavy atom. The van der Waals surface area contributed by atoms with Crippen LogP contribution in [0.1, 0.15) is 19.4 Å². The standard InChI is InChI=1S/C14H14ClNO4/c1-14(2)19-12(17)11(13(18)20-14)10(16)7-8-3-5-9(15)6-4-8/h3-6H,7,16H2,1-2H3. The molecule has 1 heterocycles. The van der Waals surface area contributed by atoms with Gasteiger partial charge < -0.3 is 15.2 Å². The van der Waals surface area contributed by atoms with Crippen LogP contribution < -0.4 is 5.73 Å². The van der Waals surface area contributed by atoms with Crippen molar-refractivity contribution < 1.29 is 19.1 Å². The quantitative estimate of drug-likeness (QED) is 0.512. The first-order valence-electron chi connectivity index (χ1n) is 5.98. The Morgan fingerprint density at radius 1 is 1.15 bits per heavy atom. The lowest BCUT2D eigenvalue weighted by Gasteiger charge is -2.30. The Labute approximate surface area is 121 Å². The van der Waals surface area contributed by atoms with Gasteiger partial charge in [0.05, 0.1) is 0 Å². The smallest absolute Gasteiger partial charge is 0.350 e. The number of halogens is 1. The fraction of sp³-hybridized carbons (Fsp3) is 0.286. The van der Waals surface area contributed by atoms with E-state index in [2.05, 4.69) is 0 Å². The number of allylic oxidation sites excluding steroid dienone is 1. The SMILES string of the molecule is CC1(C)OC(=O)C(=C(N)Cc2ccc(Cl)cc2)C(=O)O1. The summed E-state index contributed by atoms with van der Waals surface area (Å²) >= 11 is 5.78. The molecule has 0 spiro atoms. The van der Waals surface area contributed by atoms with Gasteiger partial charge in [0.15, 0.2) is 5.57 Å². The number of carbonyl (C=O) groups is 2. The summed E-state index contributed by atoms with van der Waals surface area (Å²) in [4.78, 5) is 23.6. The van der Waals surface area contributed by atoms with E-state index in [1.54, 1.807) is 24.3 Å². The summed E-state index contributed by atoms with van der Waals surface area (Å²) in [7, 11) is 0. The highest BCUT2D eigenvalue weighted by Gasteiger charge is 2.40. The lowest BCUT2D eigenvalue weighted by Crippen LogP contribution is -2.43. The van der Waals surface area contributed by atoms with Gasteiger partial charge in [-0.2, -0.15) is 0 Å². The maximum absolute atomic E-state index is 11.8. The van der Waals surface area contributed by atoms with Crippen LogP contribution >= 0.6 is 11.6 Å². The van der Waals surface area contributed by atoms with E-state index in [4.69, 9.17) is 26.8 Å². The molecule has 106 valence electrons. The summed E-state index contributed by atoms with van der Waals surface area (Å²) in [6.45, 7) is 2.96. The van der Waals surface area contributed by atoms with Gasteiger partial charge in [-0.15, -0.1) is 0 Å². The summed E-state index contributed by atoms with van der Waals surface area (Å²) in [5.41, 5.74) is 6.52. The minimum absolute atomic E-state index is 0.109. The second kappa shape index (κ2) is 5.17. The number of carbonyl (C=O) groups excluding carboxylic acids is 2. The molecule has 1 saturated heterocycles. The number of ether oxygens (including phenoxy) is 2. The number of hydrogen-bond donors (Lipinski definition) is 1. The Balaban J connectivity index is 2.25. The lowest BCUT2D eigenvalue weighted by atomic mass is 10.1. The molecule has 5 nitrogen and oxygen atoms in total. The molecule has 0 radical (unpaired) electrons. The second-order valence-electron chi connectivity index (χ2n) is 4.88. The molecule has 0 aliphatic carbocycles. The third-order valence-electron chi connectivity index (χ3n) is 2.71. The van der Waals surface area contributed by atoms with Gasteiger partial charge in [-0.3, -0.25) is 0 Å². The van der Waals surface area contributed by atoms with Gasteiger partial charge >= 0.3 is 11.9 Å². The lowest BCUT2D eigenvalue weighted by molar-refractivity contribution is -0.222.